The topological polar surface area (TPSA) is 45.1 Å². The van der Waals surface area contributed by atoms with Gasteiger partial charge in [-0.2, -0.15) is 0 Å². The van der Waals surface area contributed by atoms with Crippen LogP contribution in [0.15, 0.2) is 30.5 Å². The molecule has 4 heteroatoms. The molecule has 0 radical (unpaired) electrons. The van der Waals surface area contributed by atoms with E-state index in [4.69, 9.17) is 11.6 Å². The number of rotatable bonds is 5. The summed E-state index contributed by atoms with van der Waals surface area (Å²) in [5.41, 5.74) is 2.02. The van der Waals surface area contributed by atoms with Gasteiger partial charge in [0.2, 0.25) is 0 Å². The monoisotopic (exact) mass is 278 g/mol. The van der Waals surface area contributed by atoms with Gasteiger partial charge in [0.05, 0.1) is 12.1 Å². The lowest BCUT2D eigenvalue weighted by molar-refractivity contribution is 0.210. The fourth-order valence-corrected chi connectivity index (χ4v) is 2.31. The Bertz CT molecular complexity index is 557. The Morgan fingerprint density at radius 1 is 1.32 bits per heavy atom. The number of pyridine rings is 1. The third-order valence-electron chi connectivity index (χ3n) is 3.36. The van der Waals surface area contributed by atoms with E-state index in [0.29, 0.717) is 12.5 Å². The first-order chi connectivity index (χ1) is 9.13. The lowest BCUT2D eigenvalue weighted by Gasteiger charge is -2.20. The fourth-order valence-electron chi connectivity index (χ4n) is 2.09. The van der Waals surface area contributed by atoms with Crippen LogP contribution in [0, 0.1) is 5.92 Å². The number of benzene rings is 1. The molecule has 1 heterocycles. The Morgan fingerprint density at radius 3 is 2.79 bits per heavy atom. The van der Waals surface area contributed by atoms with Crippen molar-refractivity contribution in [2.24, 2.45) is 5.92 Å². The maximum absolute atomic E-state index is 9.33. The number of aliphatic hydroxyl groups excluding tert-OH is 1. The lowest BCUT2D eigenvalue weighted by atomic mass is 10.0. The van der Waals surface area contributed by atoms with Crippen LogP contribution in [0.3, 0.4) is 0 Å². The number of nitrogens with zero attached hydrogens (tertiary/aromatic N) is 1. The van der Waals surface area contributed by atoms with Crippen LogP contribution in [0.4, 0.5) is 0 Å². The first-order valence-electron chi connectivity index (χ1n) is 6.50. The van der Waals surface area contributed by atoms with Gasteiger partial charge in [-0.05, 0) is 29.7 Å². The van der Waals surface area contributed by atoms with Crippen LogP contribution in [0.2, 0.25) is 5.02 Å². The second kappa shape index (κ2) is 6.33. The minimum Gasteiger partial charge on any atom is -0.395 e. The number of hydrogen-bond donors (Lipinski definition) is 2. The molecular formula is C15H19ClN2O. The van der Waals surface area contributed by atoms with Gasteiger partial charge in [-0.25, -0.2) is 0 Å². The van der Waals surface area contributed by atoms with Crippen molar-refractivity contribution in [3.05, 3.63) is 41.0 Å². The Kier molecular flexibility index (Phi) is 4.75. The molecule has 3 nitrogen and oxygen atoms in total. The van der Waals surface area contributed by atoms with Crippen molar-refractivity contribution in [1.29, 1.82) is 0 Å². The van der Waals surface area contributed by atoms with E-state index >= 15 is 0 Å². The maximum Gasteiger partial charge on any atom is 0.0761 e. The summed E-state index contributed by atoms with van der Waals surface area (Å²) < 4.78 is 0. The molecule has 0 bridgehead atoms. The van der Waals surface area contributed by atoms with E-state index in [1.165, 1.54) is 0 Å². The molecule has 0 aliphatic carbocycles. The minimum absolute atomic E-state index is 0.0921. The molecule has 0 aliphatic rings. The first kappa shape index (κ1) is 14.3. The Hall–Kier alpha value is -1.16. The van der Waals surface area contributed by atoms with Crippen molar-refractivity contribution in [3.8, 4) is 0 Å². The molecule has 0 unspecified atom stereocenters. The van der Waals surface area contributed by atoms with Gasteiger partial charge < -0.3 is 10.4 Å². The van der Waals surface area contributed by atoms with Crippen molar-refractivity contribution in [3.63, 3.8) is 0 Å². The summed E-state index contributed by atoms with van der Waals surface area (Å²) in [5.74, 6) is 0.386. The van der Waals surface area contributed by atoms with Gasteiger partial charge >= 0.3 is 0 Å². The van der Waals surface area contributed by atoms with Crippen molar-refractivity contribution in [2.45, 2.75) is 26.4 Å². The first-order valence-corrected chi connectivity index (χ1v) is 6.87. The molecule has 0 fully saturated rings. The van der Waals surface area contributed by atoms with E-state index in [1.807, 2.05) is 24.3 Å². The van der Waals surface area contributed by atoms with Gasteiger partial charge in [0.25, 0.3) is 0 Å². The molecule has 0 saturated carbocycles. The molecule has 102 valence electrons. The highest BCUT2D eigenvalue weighted by atomic mass is 35.5. The second-order valence-corrected chi connectivity index (χ2v) is 5.43. The van der Waals surface area contributed by atoms with Crippen LogP contribution in [-0.4, -0.2) is 22.7 Å². The van der Waals surface area contributed by atoms with Gasteiger partial charge in [-0.15, -0.1) is 0 Å². The maximum atomic E-state index is 9.33. The Balaban J connectivity index is 2.24. The summed E-state index contributed by atoms with van der Waals surface area (Å²) in [4.78, 5) is 4.40. The van der Waals surface area contributed by atoms with Crippen LogP contribution in [0.1, 0.15) is 19.4 Å². The van der Waals surface area contributed by atoms with Crippen LogP contribution in [0.25, 0.3) is 10.9 Å². The van der Waals surface area contributed by atoms with Crippen molar-refractivity contribution >= 4 is 22.5 Å². The molecule has 2 N–H and O–H groups in total. The van der Waals surface area contributed by atoms with Crippen LogP contribution < -0.4 is 5.32 Å². The zero-order chi connectivity index (χ0) is 13.8. The number of aromatic nitrogens is 1. The van der Waals surface area contributed by atoms with Gasteiger partial charge in [0.1, 0.15) is 0 Å². The second-order valence-electron chi connectivity index (χ2n) is 5.02. The average Bonchev–Trinajstić information content (AvgIpc) is 2.42. The zero-order valence-corrected chi connectivity index (χ0v) is 12.0. The Labute approximate surface area is 118 Å². The summed E-state index contributed by atoms with van der Waals surface area (Å²) in [7, 11) is 0. The highest BCUT2D eigenvalue weighted by molar-refractivity contribution is 6.35. The summed E-state index contributed by atoms with van der Waals surface area (Å²) in [6.45, 7) is 4.99. The van der Waals surface area contributed by atoms with Gasteiger partial charge in [0.15, 0.2) is 0 Å². The summed E-state index contributed by atoms with van der Waals surface area (Å²) >= 11 is 6.17. The molecule has 1 aromatic heterocycles. The highest BCUT2D eigenvalue weighted by Crippen LogP contribution is 2.24. The quantitative estimate of drug-likeness (QED) is 0.884. The smallest absolute Gasteiger partial charge is 0.0761 e. The number of nitrogens with one attached hydrogen (secondary N) is 1. The van der Waals surface area contributed by atoms with E-state index in [0.717, 1.165) is 21.5 Å². The predicted molar refractivity (Wildman–Crippen MR) is 79.3 cm³/mol. The van der Waals surface area contributed by atoms with Gasteiger partial charge in [-0.3, -0.25) is 4.98 Å². The largest absolute Gasteiger partial charge is 0.395 e. The molecule has 0 spiro atoms. The molecular weight excluding hydrogens is 260 g/mol. The van der Waals surface area contributed by atoms with Gasteiger partial charge in [-0.1, -0.05) is 31.5 Å². The highest BCUT2D eigenvalue weighted by Gasteiger charge is 2.12. The molecule has 1 aromatic carbocycles. The van der Waals surface area contributed by atoms with Gasteiger partial charge in [0, 0.05) is 29.2 Å². The summed E-state index contributed by atoms with van der Waals surface area (Å²) in [5, 5.41) is 14.4. The van der Waals surface area contributed by atoms with Crippen LogP contribution >= 0.6 is 11.6 Å². The number of aliphatic hydroxyl groups is 1. The lowest BCUT2D eigenvalue weighted by Crippen LogP contribution is -2.36. The molecule has 0 aliphatic heterocycles. The van der Waals surface area contributed by atoms with E-state index in [1.54, 1.807) is 6.20 Å². The number of hydrogen-bond acceptors (Lipinski definition) is 3. The number of halogens is 1. The van der Waals surface area contributed by atoms with E-state index in [-0.39, 0.29) is 12.6 Å². The molecule has 1 atom stereocenters. The third kappa shape index (κ3) is 3.24. The summed E-state index contributed by atoms with van der Waals surface area (Å²) in [6, 6.07) is 7.83. The fraction of sp³-hybridized carbons (Fsp3) is 0.400. The molecule has 2 rings (SSSR count). The van der Waals surface area contributed by atoms with Crippen molar-refractivity contribution in [2.75, 3.05) is 6.61 Å². The van der Waals surface area contributed by atoms with Crippen molar-refractivity contribution in [1.82, 2.24) is 10.3 Å². The standard InChI is InChI=1S/C15H19ClN2O/c1-10(2)14(9-19)18-8-11-5-6-13(16)12-4-3-7-17-15(11)12/h3-7,10,14,18-19H,8-9H2,1-2H3/t14-/m1/s1. The molecule has 2 aromatic rings. The molecule has 0 amide bonds. The predicted octanol–water partition coefficient (Wildman–Crippen LogP) is 2.99. The molecule has 19 heavy (non-hydrogen) atoms. The van der Waals surface area contributed by atoms with E-state index in [9.17, 15) is 5.11 Å². The summed E-state index contributed by atoms with van der Waals surface area (Å²) in [6.07, 6.45) is 1.77. The van der Waals surface area contributed by atoms with E-state index in [2.05, 4.69) is 24.1 Å². The molecule has 0 saturated heterocycles. The van der Waals surface area contributed by atoms with Crippen LogP contribution in [0.5, 0.6) is 0 Å². The van der Waals surface area contributed by atoms with Crippen LogP contribution in [-0.2, 0) is 6.54 Å². The average molecular weight is 279 g/mol. The Morgan fingerprint density at radius 2 is 2.11 bits per heavy atom. The zero-order valence-electron chi connectivity index (χ0n) is 11.2. The van der Waals surface area contributed by atoms with Crippen molar-refractivity contribution < 1.29 is 5.11 Å². The third-order valence-corrected chi connectivity index (χ3v) is 3.69. The minimum atomic E-state index is 0.0921. The SMILES string of the molecule is CC(C)[C@@H](CO)NCc1ccc(Cl)c2cccnc12. The van der Waals surface area contributed by atoms with E-state index < -0.39 is 0 Å². The number of fused-ring (bicyclic) bond motifs is 1. The normalized spacial score (nSPS) is 13.1.